The van der Waals surface area contributed by atoms with Gasteiger partial charge in [0.2, 0.25) is 0 Å². The van der Waals surface area contributed by atoms with Crippen LogP contribution in [0.5, 0.6) is 0 Å². The average Bonchev–Trinajstić information content (AvgIpc) is 0.785. The Morgan fingerprint density at radius 1 is 0.373 bits per heavy atom. The predicted molar refractivity (Wildman–Crippen MR) is 433 cm³/mol. The highest BCUT2D eigenvalue weighted by Crippen LogP contribution is 2.39. The maximum atomic E-state index is 12.2. The van der Waals surface area contributed by atoms with Gasteiger partial charge in [-0.1, -0.05) is 306 Å². The van der Waals surface area contributed by atoms with Gasteiger partial charge in [0, 0.05) is 54.5 Å². The monoisotopic (exact) mass is 1590 g/mol. The predicted octanol–water partition coefficient (Wildman–Crippen LogP) is 19.8. The summed E-state index contributed by atoms with van der Waals surface area (Å²) >= 11 is 12.4. The van der Waals surface area contributed by atoms with Crippen molar-refractivity contribution < 1.29 is 86.6 Å². The van der Waals surface area contributed by atoms with Gasteiger partial charge in [-0.3, -0.25) is 43.2 Å². The molecular weight excluding hydrogens is 1440 g/mol. The summed E-state index contributed by atoms with van der Waals surface area (Å²) in [6, 6.07) is 15.2. The van der Waals surface area contributed by atoms with Gasteiger partial charge in [-0.05, 0) is 95.1 Å². The van der Waals surface area contributed by atoms with Crippen molar-refractivity contribution in [3.63, 3.8) is 0 Å². The Labute approximate surface area is 671 Å². The van der Waals surface area contributed by atoms with Gasteiger partial charge in [0.25, 0.3) is 0 Å². The lowest BCUT2D eigenvalue weighted by Crippen LogP contribution is -2.49. The van der Waals surface area contributed by atoms with Crippen molar-refractivity contribution in [3.8, 4) is 0 Å². The largest absolute Gasteiger partial charge is 0.550 e. The van der Waals surface area contributed by atoms with Gasteiger partial charge in [-0.15, -0.1) is 0 Å². The van der Waals surface area contributed by atoms with Crippen molar-refractivity contribution >= 4 is 82.5 Å². The maximum absolute atomic E-state index is 12.2. The number of carbonyl (C=O) groups is 10. The van der Waals surface area contributed by atoms with Crippen LogP contribution in [-0.2, 0) is 87.4 Å². The van der Waals surface area contributed by atoms with Crippen LogP contribution in [0.2, 0.25) is 10.0 Å². The Morgan fingerprint density at radius 3 is 0.864 bits per heavy atom. The molecule has 2 aromatic rings. The van der Waals surface area contributed by atoms with E-state index in [1.807, 2.05) is 62.6 Å². The Kier molecular flexibility index (Phi) is 62.7. The van der Waals surface area contributed by atoms with Crippen LogP contribution in [0.25, 0.3) is 0 Å². The second kappa shape index (κ2) is 67.5. The number of likely N-dealkylation sites (N-methyl/N-ethyl adjacent to an activating group) is 2. The van der Waals surface area contributed by atoms with E-state index in [4.69, 9.17) is 56.7 Å². The van der Waals surface area contributed by atoms with Gasteiger partial charge in [0.05, 0.1) is 19.3 Å². The molecule has 2 fully saturated rings. The second-order valence-electron chi connectivity index (χ2n) is 29.6. The Bertz CT molecular complexity index is 2560. The first kappa shape index (κ1) is 102. The molecule has 0 aromatic heterocycles. The number of carbonyl (C=O) groups excluding carboxylic acids is 9. The zero-order valence-corrected chi connectivity index (χ0v) is 70.0. The third kappa shape index (κ3) is 50.2. The first-order chi connectivity index (χ1) is 53.2. The molecule has 0 radical (unpaired) electrons. The van der Waals surface area contributed by atoms with E-state index in [1.54, 1.807) is 0 Å². The lowest BCUT2D eigenvalue weighted by Gasteiger charge is -2.36. The summed E-state index contributed by atoms with van der Waals surface area (Å²) in [6.45, 7) is 7.90. The molecule has 0 aliphatic heterocycles. The van der Waals surface area contributed by atoms with E-state index in [9.17, 15) is 53.1 Å². The fourth-order valence-corrected chi connectivity index (χ4v) is 14.1. The molecule has 22 heteroatoms. The molecule has 0 bridgehead atoms. The smallest absolute Gasteiger partial charge is 0.306 e. The molecule has 2 saturated carbocycles. The summed E-state index contributed by atoms with van der Waals surface area (Å²) in [5.74, 6) is -5.00. The molecule has 2 atom stereocenters. The van der Waals surface area contributed by atoms with Gasteiger partial charge in [-0.2, -0.15) is 0 Å². The lowest BCUT2D eigenvalue weighted by atomic mass is 9.75. The van der Waals surface area contributed by atoms with E-state index in [0.29, 0.717) is 22.9 Å². The molecule has 2 aliphatic carbocycles. The highest BCUT2D eigenvalue weighted by Gasteiger charge is 2.42. The molecule has 0 amide bonds. The highest BCUT2D eigenvalue weighted by molar-refractivity contribution is 6.32. The van der Waals surface area contributed by atoms with E-state index in [2.05, 4.69) is 38.3 Å². The van der Waals surface area contributed by atoms with Gasteiger partial charge in [-0.25, -0.2) is 0 Å². The number of ketones is 2. The number of hydrogen-bond acceptors (Lipinski definition) is 19. The number of unbranched alkanes of at least 4 members (excludes halogenated alkanes) is 32. The Hall–Kier alpha value is -5.96. The Morgan fingerprint density at radius 2 is 0.627 bits per heavy atom. The minimum Gasteiger partial charge on any atom is -0.550 e. The molecule has 2 aliphatic rings. The third-order valence-corrected chi connectivity index (χ3v) is 20.9. The van der Waals surface area contributed by atoms with Crippen molar-refractivity contribution in [3.05, 3.63) is 69.7 Å². The second-order valence-corrected chi connectivity index (χ2v) is 30.4. The number of rotatable bonds is 60. The van der Waals surface area contributed by atoms with Crippen molar-refractivity contribution in [2.45, 2.75) is 385 Å². The van der Waals surface area contributed by atoms with Crippen molar-refractivity contribution in [1.82, 2.24) is 10.6 Å². The first-order valence-electron chi connectivity index (χ1n) is 42.6. The molecule has 0 heterocycles. The van der Waals surface area contributed by atoms with Crippen LogP contribution in [0, 0.1) is 0 Å². The molecule has 20 nitrogen and oxygen atoms in total. The van der Waals surface area contributed by atoms with E-state index < -0.39 is 65.5 Å². The number of aliphatic carboxylic acids is 2. The fourth-order valence-electron chi connectivity index (χ4n) is 13.5. The van der Waals surface area contributed by atoms with Crippen LogP contribution in [0.4, 0.5) is 0 Å². The molecule has 110 heavy (non-hydrogen) atoms. The maximum Gasteiger partial charge on any atom is 0.306 e. The number of Topliss-reactive ketones (excluding diaryl/α,β-unsaturated/α-hetero) is 2. The standard InChI is InChI=1S/2C31H56O8.2C13H16ClNO/c2*1-3-5-7-9-11-13-15-17-19-21-29(34)37-25-27(39-31(36)24-23-28(32)33)26-38-30(35)22-20-18-16-14-12-10-8-6-4-2;2*1-15-13(9-5-4-8-12(13)16)10-6-2-3-7-11(10)14/h2*27H,3-26H2,1-2H3,(H,32,33);2*2-3,6-7,15H,4-5,8-9H2,1H3/p-1/t;;13-;/m..0./s1. The summed E-state index contributed by atoms with van der Waals surface area (Å²) in [5.41, 5.74) is 0.723. The number of carboxylic acid groups (broad SMARTS) is 2. The van der Waals surface area contributed by atoms with Gasteiger partial charge in [0.15, 0.2) is 23.8 Å². The van der Waals surface area contributed by atoms with Gasteiger partial charge >= 0.3 is 41.8 Å². The Balaban J connectivity index is 0.000000788. The SMILES string of the molecule is CCCCCCCCCCCC(=O)OCC(COC(=O)CCCCCCCCCCC)OC(=O)CCC(=O)O.CCCCCCCCCCCC(=O)OCC(COC(=O)CCCCCCCCCCC)OC(=O)CCC(=O)[O-].CNC1(c2ccccc2Cl)CCCCC1=O.CN[C@]1(c2ccccc2Cl)CCCCC1=O. The molecule has 4 rings (SSSR count). The quantitative estimate of drug-likeness (QED) is 0.0315. The van der Waals surface area contributed by atoms with Crippen molar-refractivity contribution in [1.29, 1.82) is 0 Å². The van der Waals surface area contributed by atoms with E-state index in [-0.39, 0.29) is 94.9 Å². The molecule has 0 saturated heterocycles. The summed E-state index contributed by atoms with van der Waals surface area (Å²) in [6.07, 6.45) is 46.0. The summed E-state index contributed by atoms with van der Waals surface area (Å²) in [5, 5.41) is 27.1. The normalized spacial score (nSPS) is 15.3. The number of benzene rings is 2. The number of nitrogens with one attached hydrogen (secondary N) is 2. The van der Waals surface area contributed by atoms with Crippen molar-refractivity contribution in [2.24, 2.45) is 0 Å². The average molecular weight is 1590 g/mol. The molecule has 1 unspecified atom stereocenters. The van der Waals surface area contributed by atoms with Crippen LogP contribution in [-0.4, -0.2) is 117 Å². The van der Waals surface area contributed by atoms with E-state index in [0.717, 1.165) is 127 Å². The number of carboxylic acids is 2. The molecular formula is C88H143Cl2N2O18-. The van der Waals surface area contributed by atoms with Crippen LogP contribution >= 0.6 is 23.2 Å². The highest BCUT2D eigenvalue weighted by atomic mass is 35.5. The molecule has 2 aromatic carbocycles. The zero-order valence-electron chi connectivity index (χ0n) is 68.5. The first-order valence-corrected chi connectivity index (χ1v) is 43.3. The number of halogens is 2. The van der Waals surface area contributed by atoms with E-state index >= 15 is 0 Å². The van der Waals surface area contributed by atoms with Crippen LogP contribution < -0.4 is 15.7 Å². The zero-order chi connectivity index (χ0) is 81.1. The van der Waals surface area contributed by atoms with Crippen LogP contribution in [0.15, 0.2) is 48.5 Å². The van der Waals surface area contributed by atoms with E-state index in [1.165, 1.54) is 154 Å². The van der Waals surface area contributed by atoms with Crippen molar-refractivity contribution in [2.75, 3.05) is 40.5 Å². The minimum atomic E-state index is -1.36. The van der Waals surface area contributed by atoms with Gasteiger partial charge in [0.1, 0.15) is 37.5 Å². The number of hydrogen-bond donors (Lipinski definition) is 3. The number of esters is 6. The summed E-state index contributed by atoms with van der Waals surface area (Å²) in [4.78, 5) is 118. The summed E-state index contributed by atoms with van der Waals surface area (Å²) in [7, 11) is 3.68. The molecule has 628 valence electrons. The third-order valence-electron chi connectivity index (χ3n) is 20.2. The number of ether oxygens (including phenoxy) is 6. The van der Waals surface area contributed by atoms with Crippen LogP contribution in [0.3, 0.4) is 0 Å². The topological polar surface area (TPSA) is 293 Å². The molecule has 3 N–H and O–H groups in total. The minimum absolute atomic E-state index is 0.222. The molecule has 0 spiro atoms. The van der Waals surface area contributed by atoms with Crippen LogP contribution in [0.1, 0.15) is 373 Å². The summed E-state index contributed by atoms with van der Waals surface area (Å²) < 4.78 is 31.5. The fraction of sp³-hybridized carbons (Fsp3) is 0.750. The lowest BCUT2D eigenvalue weighted by molar-refractivity contribution is -0.305. The van der Waals surface area contributed by atoms with Gasteiger partial charge < -0.3 is 54.1 Å².